The predicted molar refractivity (Wildman–Crippen MR) is 47.1 cm³/mol. The van der Waals surface area contributed by atoms with Crippen LogP contribution < -0.4 is 10.5 Å². The van der Waals surface area contributed by atoms with Crippen LogP contribution in [-0.4, -0.2) is 6.36 Å². The number of rotatable bonds is 2. The van der Waals surface area contributed by atoms with Gasteiger partial charge in [0.05, 0.1) is 11.6 Å². The van der Waals surface area contributed by atoms with Gasteiger partial charge in [0, 0.05) is 5.56 Å². The average Bonchev–Trinajstić information content (AvgIpc) is 2.11. The SMILES string of the molecule is Nc1ccc(CCl)c(OC(F)(F)F)c1F. The second-order valence-corrected chi connectivity index (χ2v) is 2.91. The van der Waals surface area contributed by atoms with Gasteiger partial charge in [-0.3, -0.25) is 0 Å². The third kappa shape index (κ3) is 2.89. The Morgan fingerprint density at radius 3 is 2.40 bits per heavy atom. The molecule has 0 amide bonds. The molecule has 0 aliphatic carbocycles. The highest BCUT2D eigenvalue weighted by molar-refractivity contribution is 6.17. The van der Waals surface area contributed by atoms with E-state index in [9.17, 15) is 17.6 Å². The third-order valence-electron chi connectivity index (χ3n) is 1.57. The minimum Gasteiger partial charge on any atom is -0.402 e. The maximum absolute atomic E-state index is 13.2. The molecular formula is C8H6ClF4NO. The predicted octanol–water partition coefficient (Wildman–Crippen LogP) is 3.05. The zero-order chi connectivity index (χ0) is 11.6. The summed E-state index contributed by atoms with van der Waals surface area (Å²) in [4.78, 5) is 0. The van der Waals surface area contributed by atoms with Crippen molar-refractivity contribution in [3.05, 3.63) is 23.5 Å². The van der Waals surface area contributed by atoms with E-state index in [0.717, 1.165) is 6.07 Å². The van der Waals surface area contributed by atoms with E-state index in [1.54, 1.807) is 0 Å². The molecule has 0 unspecified atom stereocenters. The van der Waals surface area contributed by atoms with E-state index in [1.807, 2.05) is 0 Å². The van der Waals surface area contributed by atoms with Crippen LogP contribution in [0.1, 0.15) is 5.56 Å². The summed E-state index contributed by atoms with van der Waals surface area (Å²) in [6.45, 7) is 0. The van der Waals surface area contributed by atoms with Gasteiger partial charge >= 0.3 is 6.36 Å². The van der Waals surface area contributed by atoms with E-state index in [4.69, 9.17) is 17.3 Å². The van der Waals surface area contributed by atoms with Crippen molar-refractivity contribution in [1.29, 1.82) is 0 Å². The molecular weight excluding hydrogens is 238 g/mol. The Morgan fingerprint density at radius 2 is 1.93 bits per heavy atom. The van der Waals surface area contributed by atoms with Gasteiger partial charge in [-0.1, -0.05) is 6.07 Å². The van der Waals surface area contributed by atoms with Gasteiger partial charge in [0.25, 0.3) is 0 Å². The second-order valence-electron chi connectivity index (χ2n) is 2.64. The molecule has 1 aromatic carbocycles. The molecule has 0 radical (unpaired) electrons. The summed E-state index contributed by atoms with van der Waals surface area (Å²) >= 11 is 5.33. The Morgan fingerprint density at radius 1 is 1.33 bits per heavy atom. The van der Waals surface area contributed by atoms with Crippen molar-refractivity contribution in [1.82, 2.24) is 0 Å². The maximum atomic E-state index is 13.2. The van der Waals surface area contributed by atoms with Crippen molar-refractivity contribution >= 4 is 17.3 Å². The van der Waals surface area contributed by atoms with Gasteiger partial charge in [0.2, 0.25) is 0 Å². The van der Waals surface area contributed by atoms with E-state index in [1.165, 1.54) is 6.07 Å². The molecule has 0 aliphatic heterocycles. The number of benzene rings is 1. The lowest BCUT2D eigenvalue weighted by Gasteiger charge is -2.13. The van der Waals surface area contributed by atoms with Crippen molar-refractivity contribution in [2.24, 2.45) is 0 Å². The topological polar surface area (TPSA) is 35.2 Å². The van der Waals surface area contributed by atoms with Crippen molar-refractivity contribution in [2.45, 2.75) is 12.2 Å². The van der Waals surface area contributed by atoms with Gasteiger partial charge in [-0.15, -0.1) is 24.8 Å². The molecule has 0 saturated heterocycles. The number of nitrogen functional groups attached to an aromatic ring is 1. The summed E-state index contributed by atoms with van der Waals surface area (Å²) < 4.78 is 52.4. The first-order valence-corrected chi connectivity index (χ1v) is 4.27. The minimum atomic E-state index is -4.98. The summed E-state index contributed by atoms with van der Waals surface area (Å²) in [5.74, 6) is -2.54. The molecule has 0 fully saturated rings. The van der Waals surface area contributed by atoms with E-state index >= 15 is 0 Å². The first-order chi connectivity index (χ1) is 6.85. The summed E-state index contributed by atoms with van der Waals surface area (Å²) in [6.07, 6.45) is -4.98. The number of hydrogen-bond acceptors (Lipinski definition) is 2. The molecule has 2 nitrogen and oxygen atoms in total. The van der Waals surface area contributed by atoms with Crippen LogP contribution in [0.25, 0.3) is 0 Å². The van der Waals surface area contributed by atoms with Crippen LogP contribution in [0, 0.1) is 5.82 Å². The summed E-state index contributed by atoms with van der Waals surface area (Å²) in [7, 11) is 0. The van der Waals surface area contributed by atoms with Gasteiger partial charge in [-0.2, -0.15) is 0 Å². The monoisotopic (exact) mass is 243 g/mol. The van der Waals surface area contributed by atoms with Crippen LogP contribution in [0.4, 0.5) is 23.2 Å². The Labute approximate surface area is 87.6 Å². The molecule has 0 bridgehead atoms. The van der Waals surface area contributed by atoms with Gasteiger partial charge in [0.1, 0.15) is 0 Å². The highest BCUT2D eigenvalue weighted by atomic mass is 35.5. The molecule has 0 saturated carbocycles. The molecule has 15 heavy (non-hydrogen) atoms. The lowest BCUT2D eigenvalue weighted by molar-refractivity contribution is -0.275. The first-order valence-electron chi connectivity index (χ1n) is 3.73. The van der Waals surface area contributed by atoms with Crippen LogP contribution in [0.5, 0.6) is 5.75 Å². The number of halogens is 5. The molecule has 0 atom stereocenters. The smallest absolute Gasteiger partial charge is 0.402 e. The highest BCUT2D eigenvalue weighted by Crippen LogP contribution is 2.32. The van der Waals surface area contributed by atoms with E-state index < -0.39 is 23.6 Å². The maximum Gasteiger partial charge on any atom is 0.573 e. The van der Waals surface area contributed by atoms with Crippen LogP contribution in [0.15, 0.2) is 12.1 Å². The molecule has 0 aliphatic rings. The van der Waals surface area contributed by atoms with E-state index in [0.29, 0.717) is 0 Å². The van der Waals surface area contributed by atoms with Crippen molar-refractivity contribution < 1.29 is 22.3 Å². The first kappa shape index (κ1) is 11.9. The number of anilines is 1. The zero-order valence-corrected chi connectivity index (χ0v) is 7.99. The Kier molecular flexibility index (Phi) is 3.28. The largest absolute Gasteiger partial charge is 0.573 e. The Hall–Kier alpha value is -1.17. The second kappa shape index (κ2) is 4.14. The molecule has 7 heteroatoms. The van der Waals surface area contributed by atoms with Crippen LogP contribution >= 0.6 is 11.6 Å². The van der Waals surface area contributed by atoms with Gasteiger partial charge in [0.15, 0.2) is 11.6 Å². The van der Waals surface area contributed by atoms with Crippen molar-refractivity contribution in [2.75, 3.05) is 5.73 Å². The summed E-state index contributed by atoms with van der Waals surface area (Å²) in [5.41, 5.74) is 4.56. The average molecular weight is 244 g/mol. The quantitative estimate of drug-likeness (QED) is 0.492. The number of nitrogens with two attached hydrogens (primary N) is 1. The lowest BCUT2D eigenvalue weighted by Crippen LogP contribution is -2.19. The normalized spacial score (nSPS) is 11.5. The van der Waals surface area contributed by atoms with Crippen molar-refractivity contribution in [3.8, 4) is 5.75 Å². The zero-order valence-electron chi connectivity index (χ0n) is 7.24. The fourth-order valence-corrected chi connectivity index (χ4v) is 1.15. The van der Waals surface area contributed by atoms with E-state index in [-0.39, 0.29) is 11.4 Å². The van der Waals surface area contributed by atoms with Crippen LogP contribution in [-0.2, 0) is 5.88 Å². The van der Waals surface area contributed by atoms with Gasteiger partial charge in [-0.05, 0) is 6.07 Å². The van der Waals surface area contributed by atoms with E-state index in [2.05, 4.69) is 4.74 Å². The van der Waals surface area contributed by atoms with Crippen molar-refractivity contribution in [3.63, 3.8) is 0 Å². The third-order valence-corrected chi connectivity index (χ3v) is 1.86. The van der Waals surface area contributed by atoms with Gasteiger partial charge in [-0.25, -0.2) is 4.39 Å². The summed E-state index contributed by atoms with van der Waals surface area (Å²) in [6, 6.07) is 2.29. The summed E-state index contributed by atoms with van der Waals surface area (Å²) in [5, 5.41) is 0. The molecule has 0 spiro atoms. The molecule has 84 valence electrons. The number of ether oxygens (including phenoxy) is 1. The standard InChI is InChI=1S/C8H6ClF4NO/c9-3-4-1-2-5(14)6(10)7(4)15-8(11,12)13/h1-2H,3,14H2. The van der Waals surface area contributed by atoms with Crippen LogP contribution in [0.2, 0.25) is 0 Å². The molecule has 1 aromatic rings. The fourth-order valence-electron chi connectivity index (χ4n) is 0.943. The lowest BCUT2D eigenvalue weighted by atomic mass is 10.2. The highest BCUT2D eigenvalue weighted by Gasteiger charge is 2.33. The Balaban J connectivity index is 3.18. The Bertz CT molecular complexity index is 366. The molecule has 0 heterocycles. The van der Waals surface area contributed by atoms with Crippen LogP contribution in [0.3, 0.4) is 0 Å². The minimum absolute atomic E-state index is 0.110. The number of hydrogen-bond donors (Lipinski definition) is 1. The molecule has 1 rings (SSSR count). The number of alkyl halides is 4. The van der Waals surface area contributed by atoms with Gasteiger partial charge < -0.3 is 10.5 Å². The molecule has 0 aromatic heterocycles. The fraction of sp³-hybridized carbons (Fsp3) is 0.250. The molecule has 2 N–H and O–H groups in total.